The Morgan fingerprint density at radius 3 is 2.30 bits per heavy atom. The summed E-state index contributed by atoms with van der Waals surface area (Å²) < 4.78 is 31.0. The topological polar surface area (TPSA) is 130 Å². The maximum absolute atomic E-state index is 15.1. The monoisotopic (exact) mass is 554 g/mol. The first-order valence-electron chi connectivity index (χ1n) is 12.7. The molecule has 0 aliphatic rings. The summed E-state index contributed by atoms with van der Waals surface area (Å²) in [4.78, 5) is 50.3. The first-order valence-corrected chi connectivity index (χ1v) is 12.7. The van der Waals surface area contributed by atoms with Gasteiger partial charge in [-0.1, -0.05) is 32.0 Å². The number of carbonyl (C=O) groups excluding carboxylic acids is 2. The molecule has 0 unspecified atom stereocenters. The second kappa shape index (κ2) is 12.6. The van der Waals surface area contributed by atoms with Crippen LogP contribution in [0.25, 0.3) is 11.1 Å². The summed E-state index contributed by atoms with van der Waals surface area (Å²) in [5.74, 6) is -5.57. The van der Waals surface area contributed by atoms with E-state index in [1.54, 1.807) is 13.8 Å². The van der Waals surface area contributed by atoms with Crippen molar-refractivity contribution < 1.29 is 28.3 Å². The normalized spacial score (nSPS) is 12.6. The number of carboxylic acids is 1. The van der Waals surface area contributed by atoms with Crippen molar-refractivity contribution in [1.82, 2.24) is 20.4 Å². The number of hydrogen-bond donors (Lipinski definition) is 3. The van der Waals surface area contributed by atoms with Gasteiger partial charge in [0.15, 0.2) is 11.6 Å². The zero-order chi connectivity index (χ0) is 29.7. The second-order valence-electron chi connectivity index (χ2n) is 10.1. The SMILES string of the molecule is Cc1cccc(C)c1-c1cc(F)c(F)c([C@H](CC(=O)O)NC(=O)[C@H](CC(C)C)NC(=O)c2ccnn(C)c2=O)c1. The van der Waals surface area contributed by atoms with E-state index in [2.05, 4.69) is 15.7 Å². The van der Waals surface area contributed by atoms with Gasteiger partial charge in [0, 0.05) is 18.8 Å². The van der Waals surface area contributed by atoms with Crippen LogP contribution in [0.2, 0.25) is 0 Å². The molecule has 0 aliphatic heterocycles. The highest BCUT2D eigenvalue weighted by molar-refractivity contribution is 5.97. The smallest absolute Gasteiger partial charge is 0.305 e. The molecule has 0 spiro atoms. The molecule has 0 bridgehead atoms. The summed E-state index contributed by atoms with van der Waals surface area (Å²) in [6.45, 7) is 7.23. The van der Waals surface area contributed by atoms with Gasteiger partial charge in [-0.2, -0.15) is 5.10 Å². The van der Waals surface area contributed by atoms with Gasteiger partial charge in [0.25, 0.3) is 11.5 Å². The fourth-order valence-corrected chi connectivity index (χ4v) is 4.58. The van der Waals surface area contributed by atoms with Crippen molar-refractivity contribution in [3.8, 4) is 11.1 Å². The quantitative estimate of drug-likeness (QED) is 0.349. The molecule has 11 heteroatoms. The van der Waals surface area contributed by atoms with Gasteiger partial charge in [0.2, 0.25) is 5.91 Å². The molecule has 40 heavy (non-hydrogen) atoms. The molecule has 3 aromatic rings. The lowest BCUT2D eigenvalue weighted by Gasteiger charge is -2.25. The van der Waals surface area contributed by atoms with Crippen LogP contribution < -0.4 is 16.2 Å². The Balaban J connectivity index is 2.00. The third kappa shape index (κ3) is 6.96. The Morgan fingerprint density at radius 1 is 1.05 bits per heavy atom. The maximum atomic E-state index is 15.1. The Morgan fingerprint density at radius 2 is 1.70 bits per heavy atom. The Hall–Kier alpha value is -4.41. The number of aryl methyl sites for hydroxylation is 3. The zero-order valence-corrected chi connectivity index (χ0v) is 22.9. The number of benzene rings is 2. The molecule has 0 radical (unpaired) electrons. The molecule has 212 valence electrons. The lowest BCUT2D eigenvalue weighted by molar-refractivity contribution is -0.137. The van der Waals surface area contributed by atoms with Gasteiger partial charge in [-0.15, -0.1) is 0 Å². The molecule has 3 N–H and O–H groups in total. The van der Waals surface area contributed by atoms with Crippen molar-refractivity contribution in [2.24, 2.45) is 13.0 Å². The molecule has 0 saturated carbocycles. The Kier molecular flexibility index (Phi) is 9.51. The number of carboxylic acid groups (broad SMARTS) is 1. The third-order valence-corrected chi connectivity index (χ3v) is 6.48. The third-order valence-electron chi connectivity index (χ3n) is 6.48. The molecule has 2 atom stereocenters. The fourth-order valence-electron chi connectivity index (χ4n) is 4.58. The van der Waals surface area contributed by atoms with E-state index in [0.717, 1.165) is 21.9 Å². The van der Waals surface area contributed by atoms with Crippen molar-refractivity contribution in [1.29, 1.82) is 0 Å². The van der Waals surface area contributed by atoms with E-state index in [1.807, 2.05) is 32.0 Å². The largest absolute Gasteiger partial charge is 0.481 e. The van der Waals surface area contributed by atoms with Gasteiger partial charge in [0.1, 0.15) is 11.6 Å². The standard InChI is InChI=1S/C29H32F2N4O5/c1-15(2)11-23(34-27(38)19-9-10-32-35(5)29(19)40)28(39)33-22(14-24(36)37)20-12-18(13-21(30)26(20)31)25-16(3)7-6-8-17(25)4/h6-10,12-13,15,22-23H,11,14H2,1-5H3,(H,33,39)(H,34,38)(H,36,37)/t22-,23-/m0/s1. The summed E-state index contributed by atoms with van der Waals surface area (Å²) in [6, 6.07) is 6.38. The summed E-state index contributed by atoms with van der Waals surface area (Å²) >= 11 is 0. The Labute approximate surface area is 230 Å². The van der Waals surface area contributed by atoms with Crippen LogP contribution in [0.4, 0.5) is 8.78 Å². The number of halogens is 2. The number of aliphatic carboxylic acids is 1. The molecule has 0 fully saturated rings. The molecule has 2 aromatic carbocycles. The Bertz CT molecular complexity index is 1480. The fraction of sp³-hybridized carbons (Fsp3) is 0.345. The molecule has 9 nitrogen and oxygen atoms in total. The minimum absolute atomic E-state index is 0.101. The van der Waals surface area contributed by atoms with E-state index < -0.39 is 53.5 Å². The zero-order valence-electron chi connectivity index (χ0n) is 22.9. The highest BCUT2D eigenvalue weighted by Crippen LogP contribution is 2.33. The van der Waals surface area contributed by atoms with E-state index in [1.165, 1.54) is 25.4 Å². The predicted molar refractivity (Wildman–Crippen MR) is 145 cm³/mol. The lowest BCUT2D eigenvalue weighted by Crippen LogP contribution is -2.49. The predicted octanol–water partition coefficient (Wildman–Crippen LogP) is 3.82. The molecular weight excluding hydrogens is 522 g/mol. The molecule has 0 aliphatic carbocycles. The average molecular weight is 555 g/mol. The first-order chi connectivity index (χ1) is 18.8. The molecule has 0 saturated heterocycles. The second-order valence-corrected chi connectivity index (χ2v) is 10.1. The van der Waals surface area contributed by atoms with E-state index in [4.69, 9.17) is 0 Å². The van der Waals surface area contributed by atoms with Crippen molar-refractivity contribution in [3.63, 3.8) is 0 Å². The number of hydrogen-bond acceptors (Lipinski definition) is 5. The van der Waals surface area contributed by atoms with E-state index >= 15 is 4.39 Å². The van der Waals surface area contributed by atoms with Gasteiger partial charge in [0.05, 0.1) is 12.5 Å². The minimum atomic E-state index is -1.45. The van der Waals surface area contributed by atoms with Crippen LogP contribution in [-0.2, 0) is 16.6 Å². The number of amides is 2. The summed E-state index contributed by atoms with van der Waals surface area (Å²) in [5.41, 5.74) is 1.34. The van der Waals surface area contributed by atoms with Crippen LogP contribution in [0.3, 0.4) is 0 Å². The molecule has 3 rings (SSSR count). The molecule has 1 heterocycles. The number of nitrogens with zero attached hydrogens (tertiary/aromatic N) is 2. The van der Waals surface area contributed by atoms with Gasteiger partial charge in [-0.05, 0) is 66.6 Å². The van der Waals surface area contributed by atoms with Crippen LogP contribution in [0.15, 0.2) is 47.4 Å². The van der Waals surface area contributed by atoms with Crippen LogP contribution >= 0.6 is 0 Å². The van der Waals surface area contributed by atoms with Gasteiger partial charge < -0.3 is 15.7 Å². The molecular formula is C29H32F2N4O5. The van der Waals surface area contributed by atoms with E-state index in [0.29, 0.717) is 11.1 Å². The van der Waals surface area contributed by atoms with Crippen LogP contribution in [-0.4, -0.2) is 38.7 Å². The highest BCUT2D eigenvalue weighted by Gasteiger charge is 2.30. The van der Waals surface area contributed by atoms with Crippen LogP contribution in [0.1, 0.15) is 59.8 Å². The first kappa shape index (κ1) is 30.1. The van der Waals surface area contributed by atoms with Gasteiger partial charge in [-0.3, -0.25) is 19.2 Å². The number of carbonyl (C=O) groups is 3. The van der Waals surface area contributed by atoms with Crippen LogP contribution in [0.5, 0.6) is 0 Å². The van der Waals surface area contributed by atoms with Crippen molar-refractivity contribution >= 4 is 17.8 Å². The number of aromatic nitrogens is 2. The summed E-state index contributed by atoms with van der Waals surface area (Å²) in [5, 5.41) is 18.3. The van der Waals surface area contributed by atoms with Crippen molar-refractivity contribution in [2.45, 2.75) is 52.6 Å². The minimum Gasteiger partial charge on any atom is -0.481 e. The van der Waals surface area contributed by atoms with E-state index in [9.17, 15) is 28.7 Å². The van der Waals surface area contributed by atoms with E-state index in [-0.39, 0.29) is 23.5 Å². The van der Waals surface area contributed by atoms with Crippen molar-refractivity contribution in [3.05, 3.63) is 86.8 Å². The number of nitrogens with one attached hydrogen (secondary N) is 2. The number of rotatable bonds is 10. The highest BCUT2D eigenvalue weighted by atomic mass is 19.2. The maximum Gasteiger partial charge on any atom is 0.305 e. The summed E-state index contributed by atoms with van der Waals surface area (Å²) in [7, 11) is 1.37. The average Bonchev–Trinajstić information content (AvgIpc) is 2.86. The van der Waals surface area contributed by atoms with Crippen molar-refractivity contribution in [2.75, 3.05) is 0 Å². The van der Waals surface area contributed by atoms with Gasteiger partial charge >= 0.3 is 5.97 Å². The summed E-state index contributed by atoms with van der Waals surface area (Å²) in [6.07, 6.45) is 0.644. The van der Waals surface area contributed by atoms with Gasteiger partial charge in [-0.25, -0.2) is 13.5 Å². The lowest BCUT2D eigenvalue weighted by atomic mass is 9.92. The molecule has 2 amide bonds. The van der Waals surface area contributed by atoms with Crippen LogP contribution in [0, 0.1) is 31.4 Å². The molecule has 1 aromatic heterocycles.